The second-order valence-corrected chi connectivity index (χ2v) is 6.67. The number of aryl methyl sites for hydroxylation is 2. The van der Waals surface area contributed by atoms with Gasteiger partial charge in [-0.3, -0.25) is 9.36 Å². The highest BCUT2D eigenvalue weighted by molar-refractivity contribution is 5.87. The number of nitrogens with zero attached hydrogens (tertiary/aromatic N) is 3. The maximum absolute atomic E-state index is 9.80. The first kappa shape index (κ1) is 14.2. The van der Waals surface area contributed by atoms with Gasteiger partial charge in [-0.2, -0.15) is 5.10 Å². The molecule has 2 heterocycles. The van der Waals surface area contributed by atoms with Crippen molar-refractivity contribution in [1.82, 2.24) is 14.5 Å². The minimum atomic E-state index is 0.309. The normalized spacial score (nSPS) is 17.5. The van der Waals surface area contributed by atoms with Crippen LogP contribution in [-0.4, -0.2) is 19.6 Å². The van der Waals surface area contributed by atoms with Gasteiger partial charge in [0.2, 0.25) is 0 Å². The summed E-state index contributed by atoms with van der Waals surface area (Å²) in [6.45, 7) is 0. The molecule has 3 aromatic rings. The molecule has 3 N–H and O–H groups in total. The molecule has 1 aliphatic rings. The molecule has 1 atom stereocenters. The molecule has 5 heteroatoms. The highest BCUT2D eigenvalue weighted by atomic mass is 16.3. The molecule has 120 valence electrons. The Balaban J connectivity index is 1.57. The Morgan fingerprint density at radius 2 is 2.26 bits per heavy atom. The first-order valence-electron chi connectivity index (χ1n) is 8.19. The van der Waals surface area contributed by atoms with Gasteiger partial charge in [0.15, 0.2) is 0 Å². The third-order valence-electron chi connectivity index (χ3n) is 5.09. The lowest BCUT2D eigenvalue weighted by atomic mass is 9.83. The molecule has 5 nitrogen and oxygen atoms in total. The summed E-state index contributed by atoms with van der Waals surface area (Å²) in [6.07, 6.45) is 9.52. The summed E-state index contributed by atoms with van der Waals surface area (Å²) < 4.78 is 3.67. The highest BCUT2D eigenvalue weighted by Gasteiger charge is 2.25. The van der Waals surface area contributed by atoms with Crippen molar-refractivity contribution in [1.29, 1.82) is 0 Å². The molecule has 0 spiro atoms. The number of phenols is 1. The predicted molar refractivity (Wildman–Crippen MR) is 90.8 cm³/mol. The van der Waals surface area contributed by atoms with E-state index in [9.17, 15) is 5.11 Å². The molecular formula is C18H22N4O. The zero-order valence-corrected chi connectivity index (χ0v) is 13.4. The number of benzene rings is 1. The van der Waals surface area contributed by atoms with E-state index < -0.39 is 0 Å². The summed E-state index contributed by atoms with van der Waals surface area (Å²) in [5.74, 6) is 7.22. The van der Waals surface area contributed by atoms with Crippen LogP contribution in [0.5, 0.6) is 5.75 Å². The van der Waals surface area contributed by atoms with E-state index in [1.165, 1.54) is 29.7 Å². The van der Waals surface area contributed by atoms with Crippen molar-refractivity contribution >= 4 is 10.9 Å². The standard InChI is InChI=1S/C18H22N4O/c1-21-11-13(10-20-21)3-2-12-4-6-17-15(8-12)16-9-14(23)5-7-18(16)22(17)19/h5,7,9-12,23H,2-4,6,8,19H2,1H3. The van der Waals surface area contributed by atoms with Gasteiger partial charge in [-0.05, 0) is 67.3 Å². The summed E-state index contributed by atoms with van der Waals surface area (Å²) >= 11 is 0. The van der Waals surface area contributed by atoms with E-state index in [0.717, 1.165) is 30.2 Å². The van der Waals surface area contributed by atoms with E-state index in [4.69, 9.17) is 5.84 Å². The fourth-order valence-corrected chi connectivity index (χ4v) is 3.87. The smallest absolute Gasteiger partial charge is 0.116 e. The van der Waals surface area contributed by atoms with Crippen LogP contribution in [-0.2, 0) is 26.3 Å². The molecule has 0 saturated carbocycles. The SMILES string of the molecule is Cn1cc(CCC2CCc3c(c4cc(O)ccc4n3N)C2)cn1. The molecule has 0 saturated heterocycles. The average Bonchev–Trinajstić information content (AvgIpc) is 3.08. The minimum Gasteiger partial charge on any atom is -0.508 e. The summed E-state index contributed by atoms with van der Waals surface area (Å²) in [7, 11) is 1.96. The van der Waals surface area contributed by atoms with Gasteiger partial charge in [0, 0.05) is 24.3 Å². The Hall–Kier alpha value is -2.43. The molecule has 0 fully saturated rings. The van der Waals surface area contributed by atoms with Crippen molar-refractivity contribution < 1.29 is 5.11 Å². The molecule has 2 aromatic heterocycles. The van der Waals surface area contributed by atoms with Crippen LogP contribution in [0.3, 0.4) is 0 Å². The summed E-state index contributed by atoms with van der Waals surface area (Å²) in [6, 6.07) is 5.46. The van der Waals surface area contributed by atoms with Crippen molar-refractivity contribution in [3.05, 3.63) is 47.4 Å². The van der Waals surface area contributed by atoms with Crippen LogP contribution in [0.2, 0.25) is 0 Å². The maximum Gasteiger partial charge on any atom is 0.116 e. The predicted octanol–water partition coefficient (Wildman–Crippen LogP) is 2.53. The van der Waals surface area contributed by atoms with Crippen LogP contribution in [0.1, 0.15) is 29.7 Å². The number of rotatable bonds is 3. The van der Waals surface area contributed by atoms with Gasteiger partial charge < -0.3 is 10.9 Å². The largest absolute Gasteiger partial charge is 0.508 e. The molecule has 4 rings (SSSR count). The lowest BCUT2D eigenvalue weighted by Crippen LogP contribution is -2.19. The Bertz CT molecular complexity index is 861. The molecule has 0 radical (unpaired) electrons. The van der Waals surface area contributed by atoms with Gasteiger partial charge in [-0.1, -0.05) is 0 Å². The zero-order valence-electron chi connectivity index (χ0n) is 13.4. The molecular weight excluding hydrogens is 288 g/mol. The van der Waals surface area contributed by atoms with Gasteiger partial charge in [0.25, 0.3) is 0 Å². The van der Waals surface area contributed by atoms with Crippen molar-refractivity contribution in [3.8, 4) is 5.75 Å². The molecule has 1 unspecified atom stereocenters. The number of nitrogens with two attached hydrogens (primary N) is 1. The first-order chi connectivity index (χ1) is 11.1. The summed E-state index contributed by atoms with van der Waals surface area (Å²) in [5.41, 5.74) is 4.86. The Labute approximate surface area is 135 Å². The number of fused-ring (bicyclic) bond motifs is 3. The Kier molecular flexibility index (Phi) is 3.29. The van der Waals surface area contributed by atoms with Crippen LogP contribution in [0.4, 0.5) is 0 Å². The van der Waals surface area contributed by atoms with Crippen molar-refractivity contribution in [3.63, 3.8) is 0 Å². The van der Waals surface area contributed by atoms with Crippen molar-refractivity contribution in [2.45, 2.75) is 32.1 Å². The number of aromatic nitrogens is 3. The van der Waals surface area contributed by atoms with Crippen molar-refractivity contribution in [2.75, 3.05) is 5.84 Å². The number of nitrogen functional groups attached to an aromatic ring is 1. The van der Waals surface area contributed by atoms with Gasteiger partial charge >= 0.3 is 0 Å². The Morgan fingerprint density at radius 1 is 1.39 bits per heavy atom. The second-order valence-electron chi connectivity index (χ2n) is 6.67. The van der Waals surface area contributed by atoms with Crippen LogP contribution >= 0.6 is 0 Å². The molecule has 0 aliphatic heterocycles. The zero-order chi connectivity index (χ0) is 16.0. The summed E-state index contributed by atoms with van der Waals surface area (Å²) in [5, 5.41) is 15.1. The van der Waals surface area contributed by atoms with Crippen LogP contribution < -0.4 is 5.84 Å². The molecule has 1 aromatic carbocycles. The quantitative estimate of drug-likeness (QED) is 0.730. The number of aromatic hydroxyl groups is 1. The Morgan fingerprint density at radius 3 is 3.04 bits per heavy atom. The number of hydrogen-bond acceptors (Lipinski definition) is 3. The molecule has 23 heavy (non-hydrogen) atoms. The average molecular weight is 310 g/mol. The fraction of sp³-hybridized carbons (Fsp3) is 0.389. The van der Waals surface area contributed by atoms with Gasteiger partial charge in [0.1, 0.15) is 5.75 Å². The number of hydrogen-bond donors (Lipinski definition) is 2. The van der Waals surface area contributed by atoms with Gasteiger partial charge in [0.05, 0.1) is 11.7 Å². The number of phenolic OH excluding ortho intramolecular Hbond substituents is 1. The van der Waals surface area contributed by atoms with E-state index in [0.29, 0.717) is 11.7 Å². The lowest BCUT2D eigenvalue weighted by Gasteiger charge is -2.23. The van der Waals surface area contributed by atoms with Crippen LogP contribution in [0.25, 0.3) is 10.9 Å². The lowest BCUT2D eigenvalue weighted by molar-refractivity contribution is 0.423. The van der Waals surface area contributed by atoms with E-state index in [1.54, 1.807) is 10.7 Å². The van der Waals surface area contributed by atoms with Crippen LogP contribution in [0, 0.1) is 5.92 Å². The second kappa shape index (κ2) is 5.33. The third-order valence-corrected chi connectivity index (χ3v) is 5.09. The molecule has 0 amide bonds. The summed E-state index contributed by atoms with van der Waals surface area (Å²) in [4.78, 5) is 0. The fourth-order valence-electron chi connectivity index (χ4n) is 3.87. The third kappa shape index (κ3) is 2.46. The van der Waals surface area contributed by atoms with E-state index in [2.05, 4.69) is 11.3 Å². The maximum atomic E-state index is 9.80. The monoisotopic (exact) mass is 310 g/mol. The highest BCUT2D eigenvalue weighted by Crippen LogP contribution is 2.36. The first-order valence-corrected chi connectivity index (χ1v) is 8.19. The van der Waals surface area contributed by atoms with E-state index in [1.807, 2.05) is 30.1 Å². The van der Waals surface area contributed by atoms with E-state index in [-0.39, 0.29) is 0 Å². The van der Waals surface area contributed by atoms with Gasteiger partial charge in [-0.15, -0.1) is 0 Å². The topological polar surface area (TPSA) is 69.0 Å². The minimum absolute atomic E-state index is 0.309. The van der Waals surface area contributed by atoms with E-state index >= 15 is 0 Å². The van der Waals surface area contributed by atoms with Crippen molar-refractivity contribution in [2.24, 2.45) is 13.0 Å². The molecule has 0 bridgehead atoms. The van der Waals surface area contributed by atoms with Gasteiger partial charge in [-0.25, -0.2) is 0 Å². The van der Waals surface area contributed by atoms with Crippen LogP contribution in [0.15, 0.2) is 30.6 Å². The molecule has 1 aliphatic carbocycles.